The summed E-state index contributed by atoms with van der Waals surface area (Å²) < 4.78 is 10.9. The molecule has 0 aliphatic rings. The average molecular weight is 304 g/mol. The highest BCUT2D eigenvalue weighted by Crippen LogP contribution is 2.10. The first-order chi connectivity index (χ1) is 10.2. The topological polar surface area (TPSA) is 76.0 Å². The van der Waals surface area contributed by atoms with E-state index < -0.39 is 18.3 Å². The fourth-order valence-electron chi connectivity index (χ4n) is 1.99. The van der Waals surface area contributed by atoms with Crippen LogP contribution in [-0.2, 0) is 14.3 Å². The zero-order valence-electron chi connectivity index (χ0n) is 13.5. The third-order valence-electron chi connectivity index (χ3n) is 3.36. The van der Waals surface area contributed by atoms with Crippen LogP contribution in [0.1, 0.15) is 58.8 Å². The summed E-state index contributed by atoms with van der Waals surface area (Å²) in [7, 11) is 0. The molecule has 0 amide bonds. The minimum atomic E-state index is -1.09. The molecule has 0 fully saturated rings. The van der Waals surface area contributed by atoms with Crippen LogP contribution in [0.4, 0.5) is 0 Å². The van der Waals surface area contributed by atoms with Gasteiger partial charge in [0, 0.05) is 19.6 Å². The lowest BCUT2D eigenvalue weighted by atomic mass is 10.1. The van der Waals surface area contributed by atoms with E-state index in [1.807, 2.05) is 0 Å². The Bertz CT molecular complexity index is 235. The van der Waals surface area contributed by atoms with Crippen molar-refractivity contribution in [3.05, 3.63) is 0 Å². The van der Waals surface area contributed by atoms with Crippen LogP contribution in [-0.4, -0.2) is 54.6 Å². The summed E-state index contributed by atoms with van der Waals surface area (Å²) in [5.74, 6) is 0. The van der Waals surface area contributed by atoms with Gasteiger partial charge in [0.25, 0.3) is 0 Å². The van der Waals surface area contributed by atoms with Crippen LogP contribution in [0.15, 0.2) is 0 Å². The lowest BCUT2D eigenvalue weighted by Gasteiger charge is -2.25. The maximum atomic E-state index is 10.7. The van der Waals surface area contributed by atoms with E-state index in [0.29, 0.717) is 19.5 Å². The van der Waals surface area contributed by atoms with Crippen molar-refractivity contribution < 1.29 is 24.5 Å². The van der Waals surface area contributed by atoms with E-state index in [9.17, 15) is 15.0 Å². The van der Waals surface area contributed by atoms with E-state index in [1.54, 1.807) is 0 Å². The monoisotopic (exact) mass is 304 g/mol. The minimum Gasteiger partial charge on any atom is -0.388 e. The van der Waals surface area contributed by atoms with Crippen LogP contribution in [0.25, 0.3) is 0 Å². The highest BCUT2D eigenvalue weighted by molar-refractivity contribution is 5.50. The Kier molecular flexibility index (Phi) is 14.1. The zero-order chi connectivity index (χ0) is 15.9. The average Bonchev–Trinajstić information content (AvgIpc) is 2.49. The number of unbranched alkanes of at least 4 members (excludes halogenated alkanes) is 4. The summed E-state index contributed by atoms with van der Waals surface area (Å²) in [5, 5.41) is 20.0. The molecule has 0 aliphatic heterocycles. The van der Waals surface area contributed by atoms with Crippen LogP contribution in [0, 0.1) is 0 Å². The van der Waals surface area contributed by atoms with Crippen molar-refractivity contribution in [2.75, 3.05) is 19.8 Å². The van der Waals surface area contributed by atoms with Gasteiger partial charge in [0.1, 0.15) is 18.5 Å². The van der Waals surface area contributed by atoms with Crippen molar-refractivity contribution >= 4 is 6.29 Å². The third kappa shape index (κ3) is 10.8. The summed E-state index contributed by atoms with van der Waals surface area (Å²) in [4.78, 5) is 10.7. The summed E-state index contributed by atoms with van der Waals surface area (Å²) in [5.41, 5.74) is 0. The molecule has 0 bridgehead atoms. The second kappa shape index (κ2) is 14.4. The highest BCUT2D eigenvalue weighted by Gasteiger charge is 2.26. The molecule has 0 rings (SSSR count). The Labute approximate surface area is 128 Å². The van der Waals surface area contributed by atoms with Crippen molar-refractivity contribution in [2.45, 2.75) is 77.1 Å². The van der Waals surface area contributed by atoms with Gasteiger partial charge in [-0.15, -0.1) is 0 Å². The number of carbonyl (C=O) groups excluding carboxylic acids is 1. The van der Waals surface area contributed by atoms with Gasteiger partial charge in [0.15, 0.2) is 0 Å². The lowest BCUT2D eigenvalue weighted by molar-refractivity contribution is -0.125. The molecule has 0 heterocycles. The van der Waals surface area contributed by atoms with E-state index in [2.05, 4.69) is 13.8 Å². The van der Waals surface area contributed by atoms with E-state index in [1.165, 1.54) is 0 Å². The Morgan fingerprint density at radius 1 is 1.00 bits per heavy atom. The normalized spacial score (nSPS) is 15.6. The molecule has 0 aliphatic carbocycles. The molecule has 126 valence electrons. The molecule has 0 radical (unpaired) electrons. The molecule has 3 atom stereocenters. The van der Waals surface area contributed by atoms with Crippen molar-refractivity contribution in [2.24, 2.45) is 0 Å². The molecule has 21 heavy (non-hydrogen) atoms. The number of hydrogen-bond acceptors (Lipinski definition) is 5. The fraction of sp³-hybridized carbons (Fsp3) is 0.938. The number of hydrogen-bond donors (Lipinski definition) is 2. The molecular formula is C16H32O5. The van der Waals surface area contributed by atoms with Gasteiger partial charge in [0.05, 0.1) is 12.7 Å². The van der Waals surface area contributed by atoms with Gasteiger partial charge in [0.2, 0.25) is 0 Å². The van der Waals surface area contributed by atoms with Gasteiger partial charge < -0.3 is 24.5 Å². The van der Waals surface area contributed by atoms with Gasteiger partial charge >= 0.3 is 0 Å². The lowest BCUT2D eigenvalue weighted by Crippen LogP contribution is -2.42. The number of carbonyl (C=O) groups is 1. The Balaban J connectivity index is 3.99. The van der Waals surface area contributed by atoms with E-state index >= 15 is 0 Å². The maximum absolute atomic E-state index is 10.7. The Morgan fingerprint density at radius 2 is 1.62 bits per heavy atom. The Morgan fingerprint density at radius 3 is 2.19 bits per heavy atom. The van der Waals surface area contributed by atoms with Gasteiger partial charge in [-0.1, -0.05) is 39.5 Å². The molecule has 0 aromatic heterocycles. The standard InChI is InChI=1S/C16H32O5/c1-3-5-7-11-20-13-14(18)16(19)15(9-10-17)21-12-8-6-4-2/h10,14-16,18-19H,3-9,11-13H2,1-2H3/t14-,15+,16+/m1/s1. The van der Waals surface area contributed by atoms with E-state index in [-0.39, 0.29) is 13.0 Å². The first-order valence-corrected chi connectivity index (χ1v) is 8.16. The number of aldehydes is 1. The smallest absolute Gasteiger partial charge is 0.122 e. The zero-order valence-corrected chi connectivity index (χ0v) is 13.5. The second-order valence-corrected chi connectivity index (χ2v) is 5.36. The van der Waals surface area contributed by atoms with Crippen LogP contribution in [0.2, 0.25) is 0 Å². The molecule has 0 unspecified atom stereocenters. The second-order valence-electron chi connectivity index (χ2n) is 5.36. The minimum absolute atomic E-state index is 0.0680. The molecule has 2 N–H and O–H groups in total. The quantitative estimate of drug-likeness (QED) is 0.358. The number of aliphatic hydroxyl groups excluding tert-OH is 2. The van der Waals surface area contributed by atoms with Crippen molar-refractivity contribution in [1.29, 1.82) is 0 Å². The molecule has 5 nitrogen and oxygen atoms in total. The van der Waals surface area contributed by atoms with Gasteiger partial charge in [-0.2, -0.15) is 0 Å². The first kappa shape index (κ1) is 20.5. The summed E-state index contributed by atoms with van der Waals surface area (Å²) >= 11 is 0. The third-order valence-corrected chi connectivity index (χ3v) is 3.36. The summed E-state index contributed by atoms with van der Waals surface area (Å²) in [6, 6.07) is 0. The van der Waals surface area contributed by atoms with Crippen LogP contribution >= 0.6 is 0 Å². The number of rotatable bonds is 15. The predicted molar refractivity (Wildman–Crippen MR) is 82.3 cm³/mol. The van der Waals surface area contributed by atoms with Gasteiger partial charge in [-0.3, -0.25) is 0 Å². The molecule has 5 heteroatoms. The molecular weight excluding hydrogens is 272 g/mol. The van der Waals surface area contributed by atoms with E-state index in [4.69, 9.17) is 9.47 Å². The van der Waals surface area contributed by atoms with Crippen molar-refractivity contribution in [3.8, 4) is 0 Å². The van der Waals surface area contributed by atoms with Gasteiger partial charge in [-0.25, -0.2) is 0 Å². The molecule has 0 saturated carbocycles. The van der Waals surface area contributed by atoms with Crippen LogP contribution < -0.4 is 0 Å². The Hall–Kier alpha value is -0.490. The van der Waals surface area contributed by atoms with Crippen LogP contribution in [0.3, 0.4) is 0 Å². The molecule has 0 spiro atoms. The van der Waals surface area contributed by atoms with E-state index in [0.717, 1.165) is 38.5 Å². The summed E-state index contributed by atoms with van der Waals surface area (Å²) in [6.45, 7) is 5.34. The first-order valence-electron chi connectivity index (χ1n) is 8.16. The number of aliphatic hydroxyl groups is 2. The largest absolute Gasteiger partial charge is 0.388 e. The SMILES string of the molecule is CCCCCOC[C@@H](O)[C@H](O)[C@H](CC=O)OCCCCC. The van der Waals surface area contributed by atoms with Gasteiger partial charge in [-0.05, 0) is 12.8 Å². The molecule has 0 aromatic carbocycles. The van der Waals surface area contributed by atoms with Crippen molar-refractivity contribution in [3.63, 3.8) is 0 Å². The molecule has 0 saturated heterocycles. The summed E-state index contributed by atoms with van der Waals surface area (Å²) in [6.07, 6.45) is 4.19. The number of ether oxygens (including phenoxy) is 2. The fourth-order valence-corrected chi connectivity index (χ4v) is 1.99. The maximum Gasteiger partial charge on any atom is 0.122 e. The van der Waals surface area contributed by atoms with Crippen LogP contribution in [0.5, 0.6) is 0 Å². The molecule has 0 aromatic rings. The predicted octanol–water partition coefficient (Wildman–Crippen LogP) is 2.08. The van der Waals surface area contributed by atoms with Crippen molar-refractivity contribution in [1.82, 2.24) is 0 Å². The highest BCUT2D eigenvalue weighted by atomic mass is 16.5.